The van der Waals surface area contributed by atoms with Gasteiger partial charge in [0.1, 0.15) is 5.75 Å². The zero-order valence-electron chi connectivity index (χ0n) is 12.8. The van der Waals surface area contributed by atoms with Gasteiger partial charge in [-0.1, -0.05) is 18.2 Å². The molecule has 0 spiro atoms. The lowest BCUT2D eigenvalue weighted by molar-refractivity contribution is -0.274. The first kappa shape index (κ1) is 17.4. The van der Waals surface area contributed by atoms with Crippen molar-refractivity contribution in [1.29, 1.82) is 0 Å². The Hall–Kier alpha value is -2.96. The summed E-state index contributed by atoms with van der Waals surface area (Å²) in [6.45, 7) is 0. The van der Waals surface area contributed by atoms with E-state index >= 15 is 0 Å². The van der Waals surface area contributed by atoms with Crippen LogP contribution in [0.2, 0.25) is 0 Å². The fourth-order valence-corrected chi connectivity index (χ4v) is 2.08. The molecule has 0 radical (unpaired) electrons. The van der Waals surface area contributed by atoms with Crippen molar-refractivity contribution in [2.75, 3.05) is 12.4 Å². The largest absolute Gasteiger partial charge is 0.573 e. The molecule has 0 heterocycles. The first-order valence-corrected chi connectivity index (χ1v) is 6.99. The van der Waals surface area contributed by atoms with Crippen LogP contribution >= 0.6 is 0 Å². The monoisotopic (exact) mass is 335 g/mol. The number of rotatable bonds is 5. The summed E-state index contributed by atoms with van der Waals surface area (Å²) in [5.74, 6) is -0.287. The van der Waals surface area contributed by atoms with Crippen LogP contribution in [-0.2, 0) is 0 Å². The second kappa shape index (κ2) is 7.54. The molecule has 0 fully saturated rings. The molecule has 0 bridgehead atoms. The van der Waals surface area contributed by atoms with Gasteiger partial charge >= 0.3 is 6.36 Å². The minimum Gasteiger partial charge on any atom is -0.406 e. The highest BCUT2D eigenvalue weighted by atomic mass is 19.4. The van der Waals surface area contributed by atoms with Crippen molar-refractivity contribution < 1.29 is 17.9 Å². The van der Waals surface area contributed by atoms with Crippen LogP contribution in [0, 0.1) is 0 Å². The van der Waals surface area contributed by atoms with E-state index in [1.807, 2.05) is 18.2 Å². The molecule has 2 rings (SSSR count). The van der Waals surface area contributed by atoms with Crippen molar-refractivity contribution in [2.45, 2.75) is 6.36 Å². The van der Waals surface area contributed by atoms with Gasteiger partial charge in [0, 0.05) is 30.1 Å². The van der Waals surface area contributed by atoms with E-state index in [2.05, 4.69) is 15.0 Å². The lowest BCUT2D eigenvalue weighted by Gasteiger charge is -2.12. The summed E-state index contributed by atoms with van der Waals surface area (Å²) in [6, 6.07) is 12.9. The lowest BCUT2D eigenvalue weighted by atomic mass is 10.1. The van der Waals surface area contributed by atoms with Crippen molar-refractivity contribution in [3.8, 4) is 5.75 Å². The summed E-state index contributed by atoms with van der Waals surface area (Å²) < 4.78 is 40.8. The Balaban J connectivity index is 2.21. The van der Waals surface area contributed by atoms with Crippen LogP contribution in [0.25, 0.3) is 0 Å². The summed E-state index contributed by atoms with van der Waals surface area (Å²) in [6.07, 6.45) is -1.67. The van der Waals surface area contributed by atoms with E-state index in [1.165, 1.54) is 24.4 Å². The van der Waals surface area contributed by atoms with E-state index < -0.39 is 6.36 Å². The number of alkyl halides is 3. The predicted molar refractivity (Wildman–Crippen MR) is 88.6 cm³/mol. The number of hydrogen-bond donors (Lipinski definition) is 2. The summed E-state index contributed by atoms with van der Waals surface area (Å²) in [5.41, 5.74) is 8.07. The number of aliphatic imine (C=N–C) groups is 1. The van der Waals surface area contributed by atoms with Crippen LogP contribution in [0.3, 0.4) is 0 Å². The van der Waals surface area contributed by atoms with Gasteiger partial charge in [-0.2, -0.15) is 0 Å². The molecule has 0 saturated carbocycles. The van der Waals surface area contributed by atoms with Gasteiger partial charge in [-0.3, -0.25) is 4.99 Å². The molecular formula is C17H16F3N3O. The van der Waals surface area contributed by atoms with Crippen molar-refractivity contribution in [3.63, 3.8) is 0 Å². The fraction of sp³-hybridized carbons (Fsp3) is 0.118. The second-order valence-corrected chi connectivity index (χ2v) is 4.75. The molecule has 0 amide bonds. The number of halogens is 3. The van der Waals surface area contributed by atoms with E-state index in [4.69, 9.17) is 5.73 Å². The van der Waals surface area contributed by atoms with Crippen molar-refractivity contribution in [1.82, 2.24) is 0 Å². The molecule has 2 aromatic carbocycles. The zero-order valence-corrected chi connectivity index (χ0v) is 12.8. The molecule has 0 atom stereocenters. The topological polar surface area (TPSA) is 59.6 Å². The van der Waals surface area contributed by atoms with E-state index in [0.29, 0.717) is 17.1 Å². The Bertz CT molecular complexity index is 755. The minimum atomic E-state index is -4.72. The smallest absolute Gasteiger partial charge is 0.406 e. The third kappa shape index (κ3) is 5.05. The SMILES string of the molecule is CN=C(C=CN)c1cccc(Nc2cccc(OC(F)(F)F)c2)c1. The van der Waals surface area contributed by atoms with Gasteiger partial charge in [0.2, 0.25) is 0 Å². The Morgan fingerprint density at radius 3 is 2.42 bits per heavy atom. The first-order valence-electron chi connectivity index (χ1n) is 6.99. The summed E-state index contributed by atoms with van der Waals surface area (Å²) in [5, 5.41) is 3.03. The molecule has 0 aliphatic rings. The zero-order chi connectivity index (χ0) is 17.6. The summed E-state index contributed by atoms with van der Waals surface area (Å²) in [7, 11) is 1.65. The first-order chi connectivity index (χ1) is 11.4. The number of benzene rings is 2. The standard InChI is InChI=1S/C17H16F3N3O/c1-22-16(8-9-21)12-4-2-5-13(10-12)23-14-6-3-7-15(11-14)24-17(18,19)20/h2-11,23H,21H2,1H3. The molecule has 7 heteroatoms. The number of allylic oxidation sites excluding steroid dienone is 1. The van der Waals surface area contributed by atoms with E-state index in [-0.39, 0.29) is 5.75 Å². The molecule has 0 aliphatic carbocycles. The molecule has 3 N–H and O–H groups in total. The van der Waals surface area contributed by atoms with Crippen LogP contribution in [0.4, 0.5) is 24.5 Å². The van der Waals surface area contributed by atoms with E-state index in [0.717, 1.165) is 5.56 Å². The Labute approximate surface area is 137 Å². The number of ether oxygens (including phenoxy) is 1. The average Bonchev–Trinajstić information content (AvgIpc) is 2.51. The van der Waals surface area contributed by atoms with Gasteiger partial charge in [0.25, 0.3) is 0 Å². The molecule has 126 valence electrons. The molecule has 2 aromatic rings. The summed E-state index contributed by atoms with van der Waals surface area (Å²) >= 11 is 0. The Kier molecular flexibility index (Phi) is 5.47. The van der Waals surface area contributed by atoms with Crippen LogP contribution in [0.1, 0.15) is 5.56 Å². The number of anilines is 2. The van der Waals surface area contributed by atoms with Crippen LogP contribution in [0.5, 0.6) is 5.75 Å². The van der Waals surface area contributed by atoms with Crippen molar-refractivity contribution in [3.05, 3.63) is 66.4 Å². The Morgan fingerprint density at radius 1 is 1.12 bits per heavy atom. The molecule has 0 unspecified atom stereocenters. The maximum atomic E-state index is 12.3. The van der Waals surface area contributed by atoms with Crippen molar-refractivity contribution in [2.24, 2.45) is 10.7 Å². The second-order valence-electron chi connectivity index (χ2n) is 4.75. The number of nitrogens with one attached hydrogen (secondary N) is 1. The van der Waals surface area contributed by atoms with Gasteiger partial charge in [-0.05, 0) is 36.5 Å². The summed E-state index contributed by atoms with van der Waals surface area (Å²) in [4.78, 5) is 4.13. The van der Waals surface area contributed by atoms with Gasteiger partial charge in [-0.25, -0.2) is 0 Å². The molecule has 0 aromatic heterocycles. The Morgan fingerprint density at radius 2 is 1.79 bits per heavy atom. The molecule has 0 saturated heterocycles. The quantitative estimate of drug-likeness (QED) is 0.804. The lowest BCUT2D eigenvalue weighted by Crippen LogP contribution is -2.17. The maximum Gasteiger partial charge on any atom is 0.573 e. The van der Waals surface area contributed by atoms with Gasteiger partial charge < -0.3 is 15.8 Å². The normalized spacial score (nSPS) is 12.4. The number of nitrogens with zero attached hydrogens (tertiary/aromatic N) is 1. The number of nitrogens with two attached hydrogens (primary N) is 1. The van der Waals surface area contributed by atoms with Crippen LogP contribution in [0.15, 0.2) is 65.8 Å². The van der Waals surface area contributed by atoms with Crippen molar-refractivity contribution >= 4 is 17.1 Å². The van der Waals surface area contributed by atoms with Crippen LogP contribution < -0.4 is 15.8 Å². The van der Waals surface area contributed by atoms with Crippen LogP contribution in [-0.4, -0.2) is 19.1 Å². The number of hydrogen-bond acceptors (Lipinski definition) is 4. The molecule has 24 heavy (non-hydrogen) atoms. The molecular weight excluding hydrogens is 319 g/mol. The van der Waals surface area contributed by atoms with E-state index in [1.54, 1.807) is 25.3 Å². The van der Waals surface area contributed by atoms with E-state index in [9.17, 15) is 13.2 Å². The molecule has 0 aliphatic heterocycles. The third-order valence-electron chi connectivity index (χ3n) is 3.01. The minimum absolute atomic E-state index is 0.287. The average molecular weight is 335 g/mol. The highest BCUT2D eigenvalue weighted by Gasteiger charge is 2.31. The highest BCUT2D eigenvalue weighted by Crippen LogP contribution is 2.27. The molecule has 4 nitrogen and oxygen atoms in total. The van der Waals surface area contributed by atoms with Gasteiger partial charge in [0.15, 0.2) is 0 Å². The van der Waals surface area contributed by atoms with Gasteiger partial charge in [-0.15, -0.1) is 13.2 Å². The highest BCUT2D eigenvalue weighted by molar-refractivity contribution is 6.09. The maximum absolute atomic E-state index is 12.3. The third-order valence-corrected chi connectivity index (χ3v) is 3.01. The van der Waals surface area contributed by atoms with Gasteiger partial charge in [0.05, 0.1) is 5.71 Å². The fourth-order valence-electron chi connectivity index (χ4n) is 2.08. The predicted octanol–water partition coefficient (Wildman–Crippen LogP) is 4.22.